The van der Waals surface area contributed by atoms with Crippen molar-refractivity contribution < 1.29 is 17.9 Å². The first kappa shape index (κ1) is 19.0. The number of ether oxygens (including phenoxy) is 1. The van der Waals surface area contributed by atoms with Crippen molar-refractivity contribution in [2.75, 3.05) is 19.6 Å². The maximum absolute atomic E-state index is 13.2. The highest BCUT2D eigenvalue weighted by Crippen LogP contribution is 2.47. The second-order valence-corrected chi connectivity index (χ2v) is 10.4. The van der Waals surface area contributed by atoms with Crippen LogP contribution in [-0.4, -0.2) is 65.1 Å². The topological polar surface area (TPSA) is 79.8 Å². The van der Waals surface area contributed by atoms with Crippen molar-refractivity contribution in [2.24, 2.45) is 0 Å². The fourth-order valence-electron chi connectivity index (χ4n) is 4.71. The molecule has 1 aromatic heterocycles. The van der Waals surface area contributed by atoms with Crippen LogP contribution in [0.25, 0.3) is 0 Å². The van der Waals surface area contributed by atoms with E-state index in [1.165, 1.54) is 10.5 Å². The number of halogens is 1. The SMILES string of the molecule is O=C(c1cccnc1)N1C[C@@H]2C[C@@H]3[C@@](C1)(CN(Cc1ccc(Cl)cc1)S3(=O)=O)O2. The molecule has 29 heavy (non-hydrogen) atoms. The second-order valence-electron chi connectivity index (χ2n) is 7.90. The minimum atomic E-state index is -3.53. The average molecular weight is 434 g/mol. The van der Waals surface area contributed by atoms with Crippen molar-refractivity contribution in [3.8, 4) is 0 Å². The summed E-state index contributed by atoms with van der Waals surface area (Å²) >= 11 is 5.93. The molecule has 3 aliphatic heterocycles. The smallest absolute Gasteiger partial charge is 0.255 e. The molecule has 4 heterocycles. The van der Waals surface area contributed by atoms with Gasteiger partial charge in [0.25, 0.3) is 5.91 Å². The number of likely N-dealkylation sites (tertiary alicyclic amines) is 1. The molecule has 0 radical (unpaired) electrons. The fourth-order valence-corrected chi connectivity index (χ4v) is 7.13. The molecule has 3 aliphatic rings. The number of hydrogen-bond acceptors (Lipinski definition) is 5. The molecule has 7 nitrogen and oxygen atoms in total. The third-order valence-electron chi connectivity index (χ3n) is 5.98. The highest BCUT2D eigenvalue weighted by molar-refractivity contribution is 7.90. The van der Waals surface area contributed by atoms with Crippen molar-refractivity contribution in [1.82, 2.24) is 14.2 Å². The van der Waals surface area contributed by atoms with Gasteiger partial charge in [-0.2, -0.15) is 4.31 Å². The number of morpholine rings is 1. The van der Waals surface area contributed by atoms with Crippen LogP contribution in [-0.2, 0) is 21.3 Å². The number of aromatic nitrogens is 1. The number of nitrogens with zero attached hydrogens (tertiary/aromatic N) is 3. The largest absolute Gasteiger partial charge is 0.365 e. The lowest BCUT2D eigenvalue weighted by Gasteiger charge is -2.39. The number of benzene rings is 1. The van der Waals surface area contributed by atoms with Crippen molar-refractivity contribution in [1.29, 1.82) is 0 Å². The maximum Gasteiger partial charge on any atom is 0.255 e. The van der Waals surface area contributed by atoms with E-state index in [0.717, 1.165) is 5.56 Å². The van der Waals surface area contributed by atoms with Crippen LogP contribution in [0.4, 0.5) is 0 Å². The van der Waals surface area contributed by atoms with Crippen LogP contribution in [0.1, 0.15) is 22.3 Å². The van der Waals surface area contributed by atoms with Gasteiger partial charge < -0.3 is 9.64 Å². The Kier molecular flexibility index (Phi) is 4.43. The number of amides is 1. The predicted molar refractivity (Wildman–Crippen MR) is 107 cm³/mol. The summed E-state index contributed by atoms with van der Waals surface area (Å²) in [5.74, 6) is -0.139. The lowest BCUT2D eigenvalue weighted by molar-refractivity contribution is -0.0980. The zero-order valence-electron chi connectivity index (χ0n) is 15.6. The zero-order chi connectivity index (χ0) is 20.2. The van der Waals surface area contributed by atoms with Crippen LogP contribution < -0.4 is 0 Å². The molecule has 0 unspecified atom stereocenters. The first-order valence-electron chi connectivity index (χ1n) is 9.48. The van der Waals surface area contributed by atoms with E-state index in [2.05, 4.69) is 4.98 Å². The summed E-state index contributed by atoms with van der Waals surface area (Å²) in [5, 5.41) is -0.0181. The molecular weight excluding hydrogens is 414 g/mol. The van der Waals surface area contributed by atoms with Gasteiger partial charge in [0.15, 0.2) is 0 Å². The van der Waals surface area contributed by atoms with Gasteiger partial charge in [-0.25, -0.2) is 8.42 Å². The second kappa shape index (κ2) is 6.77. The maximum atomic E-state index is 13.2. The van der Waals surface area contributed by atoms with Gasteiger partial charge >= 0.3 is 0 Å². The fraction of sp³-hybridized carbons (Fsp3) is 0.400. The molecular formula is C20H20ClN3O4S. The number of rotatable bonds is 3. The number of carbonyl (C=O) groups is 1. The van der Waals surface area contributed by atoms with Crippen LogP contribution in [0.15, 0.2) is 48.8 Å². The van der Waals surface area contributed by atoms with Crippen LogP contribution in [0, 0.1) is 0 Å². The summed E-state index contributed by atoms with van der Waals surface area (Å²) in [6, 6.07) is 10.6. The minimum Gasteiger partial charge on any atom is -0.365 e. The number of pyridine rings is 1. The van der Waals surface area contributed by atoms with Crippen LogP contribution in [0.3, 0.4) is 0 Å². The van der Waals surface area contributed by atoms with Gasteiger partial charge in [-0.05, 0) is 36.2 Å². The first-order chi connectivity index (χ1) is 13.9. The molecule has 1 aromatic carbocycles. The molecule has 9 heteroatoms. The third kappa shape index (κ3) is 3.15. The van der Waals surface area contributed by atoms with Crippen molar-refractivity contribution in [3.63, 3.8) is 0 Å². The van der Waals surface area contributed by atoms with E-state index in [9.17, 15) is 13.2 Å². The normalized spacial score (nSPS) is 30.3. The van der Waals surface area contributed by atoms with Gasteiger partial charge in [0.1, 0.15) is 10.9 Å². The zero-order valence-corrected chi connectivity index (χ0v) is 17.1. The molecule has 3 fully saturated rings. The van der Waals surface area contributed by atoms with E-state index < -0.39 is 20.9 Å². The lowest BCUT2D eigenvalue weighted by Crippen LogP contribution is -2.56. The first-order valence-corrected chi connectivity index (χ1v) is 11.4. The molecule has 0 N–H and O–H groups in total. The molecule has 5 rings (SSSR count). The Morgan fingerprint density at radius 2 is 2.03 bits per heavy atom. The van der Waals surface area contributed by atoms with E-state index in [0.29, 0.717) is 23.6 Å². The van der Waals surface area contributed by atoms with E-state index >= 15 is 0 Å². The molecule has 2 aromatic rings. The highest BCUT2D eigenvalue weighted by atomic mass is 35.5. The van der Waals surface area contributed by atoms with E-state index in [4.69, 9.17) is 16.3 Å². The predicted octanol–water partition coefficient (Wildman–Crippen LogP) is 1.93. The summed E-state index contributed by atoms with van der Waals surface area (Å²) in [6.07, 6.45) is 3.30. The Labute approximate surface area is 174 Å². The average Bonchev–Trinajstić information content (AvgIpc) is 3.09. The standard InChI is InChI=1S/C20H20ClN3O4S/c21-16-5-3-14(4-6-16)10-24-13-20-12-23(19(25)15-2-1-7-22-9-15)11-17(28-20)8-18(20)29(24,26)27/h1-7,9,17-18H,8,10-13H2/t17-,18+,20+/m0/s1. The summed E-state index contributed by atoms with van der Waals surface area (Å²) in [4.78, 5) is 18.7. The monoisotopic (exact) mass is 433 g/mol. The molecule has 0 saturated carbocycles. The quantitative estimate of drug-likeness (QED) is 0.739. The highest BCUT2D eigenvalue weighted by Gasteiger charge is 2.65. The number of sulfonamides is 1. The number of carbonyl (C=O) groups excluding carboxylic acids is 1. The van der Waals surface area contributed by atoms with Gasteiger partial charge in [-0.3, -0.25) is 9.78 Å². The summed E-state index contributed by atoms with van der Waals surface area (Å²) < 4.78 is 34.1. The number of hydrogen-bond donors (Lipinski definition) is 0. The van der Waals surface area contributed by atoms with Gasteiger partial charge in [0.05, 0.1) is 18.2 Å². The Morgan fingerprint density at radius 1 is 1.24 bits per heavy atom. The van der Waals surface area contributed by atoms with Crippen molar-refractivity contribution in [3.05, 3.63) is 64.9 Å². The molecule has 1 spiro atoms. The van der Waals surface area contributed by atoms with Crippen molar-refractivity contribution in [2.45, 2.75) is 29.9 Å². The number of fused-ring (bicyclic) bond motifs is 1. The molecule has 152 valence electrons. The summed E-state index contributed by atoms with van der Waals surface area (Å²) in [7, 11) is -3.53. The Morgan fingerprint density at radius 3 is 2.76 bits per heavy atom. The van der Waals surface area contributed by atoms with Gasteiger partial charge in [0.2, 0.25) is 10.0 Å². The van der Waals surface area contributed by atoms with E-state index in [1.54, 1.807) is 35.4 Å². The van der Waals surface area contributed by atoms with Gasteiger partial charge in [-0.15, -0.1) is 0 Å². The summed E-state index contributed by atoms with van der Waals surface area (Å²) in [5.41, 5.74) is 0.483. The van der Waals surface area contributed by atoms with E-state index in [1.807, 2.05) is 12.1 Å². The van der Waals surface area contributed by atoms with Gasteiger partial charge in [-0.1, -0.05) is 23.7 Å². The van der Waals surface area contributed by atoms with E-state index in [-0.39, 0.29) is 31.6 Å². The van der Waals surface area contributed by atoms with Crippen molar-refractivity contribution >= 4 is 27.5 Å². The minimum absolute atomic E-state index is 0.139. The Hall–Kier alpha value is -2.00. The lowest BCUT2D eigenvalue weighted by atomic mass is 9.99. The third-order valence-corrected chi connectivity index (χ3v) is 8.55. The van der Waals surface area contributed by atoms with Crippen LogP contribution in [0.5, 0.6) is 0 Å². The molecule has 1 amide bonds. The Balaban J connectivity index is 1.40. The molecule has 3 saturated heterocycles. The molecule has 3 atom stereocenters. The molecule has 0 aliphatic carbocycles. The van der Waals surface area contributed by atoms with Crippen LogP contribution in [0.2, 0.25) is 5.02 Å². The Bertz CT molecular complexity index is 1050. The van der Waals surface area contributed by atoms with Gasteiger partial charge in [0, 0.05) is 37.1 Å². The molecule has 2 bridgehead atoms. The summed E-state index contributed by atoms with van der Waals surface area (Å²) in [6.45, 7) is 1.18. The van der Waals surface area contributed by atoms with Crippen LogP contribution >= 0.6 is 11.6 Å².